The Kier molecular flexibility index (Phi) is 6.72. The van der Waals surface area contributed by atoms with E-state index in [1.165, 1.54) is 10.8 Å². The van der Waals surface area contributed by atoms with Gasteiger partial charge >= 0.3 is 5.97 Å². The first-order valence-corrected chi connectivity index (χ1v) is 6.48. The fraction of sp³-hybridized carbons (Fsp3) is 0.667. The number of hydrogen-bond donors (Lipinski definition) is 6. The van der Waals surface area contributed by atoms with E-state index in [2.05, 4.69) is 4.98 Å². The molecule has 7 N–H and O–H groups in total. The molecule has 1 heterocycles. The lowest BCUT2D eigenvalue weighted by Crippen LogP contribution is -2.32. The van der Waals surface area contributed by atoms with Crippen LogP contribution in [0.4, 0.5) is 0 Å². The van der Waals surface area contributed by atoms with Crippen LogP contribution in [0.2, 0.25) is 0 Å². The van der Waals surface area contributed by atoms with E-state index in [0.717, 1.165) is 0 Å². The van der Waals surface area contributed by atoms with Crippen molar-refractivity contribution in [3.8, 4) is 0 Å². The molecule has 3 unspecified atom stereocenters. The maximum absolute atomic E-state index is 10.7. The molecule has 21 heavy (non-hydrogen) atoms. The van der Waals surface area contributed by atoms with Crippen LogP contribution in [0, 0.1) is 0 Å². The zero-order valence-corrected chi connectivity index (χ0v) is 11.5. The first kappa shape index (κ1) is 17.5. The summed E-state index contributed by atoms with van der Waals surface area (Å²) in [6.45, 7) is -0.844. The second-order valence-electron chi connectivity index (χ2n) is 4.83. The van der Waals surface area contributed by atoms with Crippen molar-refractivity contribution in [1.29, 1.82) is 0 Å². The third kappa shape index (κ3) is 5.40. The molecule has 0 saturated carbocycles. The van der Waals surface area contributed by atoms with Gasteiger partial charge in [-0.15, -0.1) is 0 Å². The van der Waals surface area contributed by atoms with Crippen LogP contribution in [-0.2, 0) is 24.2 Å². The van der Waals surface area contributed by atoms with Crippen LogP contribution in [0.25, 0.3) is 0 Å². The zero-order valence-electron chi connectivity index (χ0n) is 11.5. The van der Waals surface area contributed by atoms with Gasteiger partial charge in [-0.3, -0.25) is 4.79 Å². The van der Waals surface area contributed by atoms with Crippen LogP contribution in [0.1, 0.15) is 11.5 Å². The summed E-state index contributed by atoms with van der Waals surface area (Å²) in [7, 11) is 0. The SMILES string of the molecule is NC(Cc1cn(CC(O)CO)c(CC(O)CO)n1)C(=O)O. The summed E-state index contributed by atoms with van der Waals surface area (Å²) in [5.41, 5.74) is 5.83. The molecule has 0 radical (unpaired) electrons. The second-order valence-corrected chi connectivity index (χ2v) is 4.83. The van der Waals surface area contributed by atoms with E-state index in [1.54, 1.807) is 0 Å². The topological polar surface area (TPSA) is 162 Å². The number of nitrogens with zero attached hydrogens (tertiary/aromatic N) is 2. The fourth-order valence-corrected chi connectivity index (χ4v) is 1.81. The first-order valence-electron chi connectivity index (χ1n) is 6.48. The molecule has 0 amide bonds. The van der Waals surface area contributed by atoms with E-state index < -0.39 is 37.4 Å². The van der Waals surface area contributed by atoms with Gasteiger partial charge in [0.15, 0.2) is 0 Å². The van der Waals surface area contributed by atoms with Crippen molar-refractivity contribution < 1.29 is 30.3 Å². The predicted octanol–water partition coefficient (Wildman–Crippen LogP) is -2.91. The average molecular weight is 303 g/mol. The molecular formula is C12H21N3O6. The number of aromatic nitrogens is 2. The van der Waals surface area contributed by atoms with Crippen LogP contribution in [0.5, 0.6) is 0 Å². The monoisotopic (exact) mass is 303 g/mol. The molecule has 0 aliphatic rings. The zero-order chi connectivity index (χ0) is 16.0. The van der Waals surface area contributed by atoms with Gasteiger partial charge in [0, 0.05) is 19.0 Å². The van der Waals surface area contributed by atoms with Crippen molar-refractivity contribution in [1.82, 2.24) is 9.55 Å². The van der Waals surface area contributed by atoms with Crippen LogP contribution >= 0.6 is 0 Å². The Balaban J connectivity index is 2.91. The third-order valence-electron chi connectivity index (χ3n) is 2.90. The second kappa shape index (κ2) is 8.05. The van der Waals surface area contributed by atoms with Gasteiger partial charge in [-0.05, 0) is 0 Å². The standard InChI is InChI=1S/C12H21N3O6/c13-10(12(20)21)1-7-3-15(4-9(19)6-17)11(14-7)2-8(18)5-16/h3,8-10,16-19H,1-2,4-6,13H2,(H,20,21). The lowest BCUT2D eigenvalue weighted by molar-refractivity contribution is -0.138. The van der Waals surface area contributed by atoms with Crippen LogP contribution in [0.15, 0.2) is 6.20 Å². The number of aliphatic carboxylic acids is 1. The Hall–Kier alpha value is -1.52. The predicted molar refractivity (Wildman–Crippen MR) is 71.4 cm³/mol. The Morgan fingerprint density at radius 1 is 1.24 bits per heavy atom. The lowest BCUT2D eigenvalue weighted by Gasteiger charge is -2.12. The Morgan fingerprint density at radius 3 is 2.38 bits per heavy atom. The van der Waals surface area contributed by atoms with Crippen molar-refractivity contribution in [3.63, 3.8) is 0 Å². The smallest absolute Gasteiger partial charge is 0.320 e. The van der Waals surface area contributed by atoms with E-state index in [9.17, 15) is 15.0 Å². The molecule has 1 aromatic heterocycles. The highest BCUT2D eigenvalue weighted by Gasteiger charge is 2.18. The van der Waals surface area contributed by atoms with Crippen molar-refractivity contribution in [3.05, 3.63) is 17.7 Å². The van der Waals surface area contributed by atoms with E-state index in [1.807, 2.05) is 0 Å². The molecule has 0 saturated heterocycles. The quantitative estimate of drug-likeness (QED) is 0.283. The summed E-state index contributed by atoms with van der Waals surface area (Å²) in [5.74, 6) is -0.784. The van der Waals surface area contributed by atoms with Gasteiger partial charge in [0.1, 0.15) is 11.9 Å². The van der Waals surface area contributed by atoms with Crippen molar-refractivity contribution >= 4 is 5.97 Å². The summed E-state index contributed by atoms with van der Waals surface area (Å²) in [6.07, 6.45) is -0.471. The molecular weight excluding hydrogens is 282 g/mol. The summed E-state index contributed by atoms with van der Waals surface area (Å²) in [4.78, 5) is 14.9. The summed E-state index contributed by atoms with van der Waals surface area (Å²) in [6, 6.07) is -1.10. The molecule has 9 heteroatoms. The molecule has 3 atom stereocenters. The Labute approximate surface area is 121 Å². The normalized spacial score (nSPS) is 15.7. The van der Waals surface area contributed by atoms with Gasteiger partial charge < -0.3 is 35.8 Å². The molecule has 0 aliphatic heterocycles. The minimum Gasteiger partial charge on any atom is -0.480 e. The number of carbonyl (C=O) groups is 1. The van der Waals surface area contributed by atoms with E-state index in [4.69, 9.17) is 21.1 Å². The highest BCUT2D eigenvalue weighted by Crippen LogP contribution is 2.10. The third-order valence-corrected chi connectivity index (χ3v) is 2.90. The van der Waals surface area contributed by atoms with Crippen molar-refractivity contribution in [2.75, 3.05) is 13.2 Å². The number of rotatable bonds is 9. The van der Waals surface area contributed by atoms with Crippen LogP contribution in [-0.4, -0.2) is 72.5 Å². The molecule has 0 aliphatic carbocycles. The molecule has 0 bridgehead atoms. The summed E-state index contributed by atoms with van der Waals surface area (Å²) >= 11 is 0. The highest BCUT2D eigenvalue weighted by atomic mass is 16.4. The number of carboxylic acids is 1. The van der Waals surface area contributed by atoms with Gasteiger partial charge in [0.25, 0.3) is 0 Å². The largest absolute Gasteiger partial charge is 0.480 e. The lowest BCUT2D eigenvalue weighted by atomic mass is 10.2. The molecule has 1 rings (SSSR count). The maximum Gasteiger partial charge on any atom is 0.320 e. The maximum atomic E-state index is 10.7. The molecule has 9 nitrogen and oxygen atoms in total. The minimum atomic E-state index is -1.16. The first-order chi connectivity index (χ1) is 9.87. The summed E-state index contributed by atoms with van der Waals surface area (Å²) < 4.78 is 1.50. The van der Waals surface area contributed by atoms with E-state index in [-0.39, 0.29) is 19.4 Å². The van der Waals surface area contributed by atoms with Gasteiger partial charge in [0.05, 0.1) is 37.7 Å². The van der Waals surface area contributed by atoms with E-state index >= 15 is 0 Å². The number of carboxylic acid groups (broad SMARTS) is 1. The highest BCUT2D eigenvalue weighted by molar-refractivity contribution is 5.73. The van der Waals surface area contributed by atoms with Crippen molar-refractivity contribution in [2.24, 2.45) is 5.73 Å². The number of hydrogen-bond acceptors (Lipinski definition) is 7. The van der Waals surface area contributed by atoms with Gasteiger partial charge in [-0.2, -0.15) is 0 Å². The number of aliphatic hydroxyl groups is 4. The Bertz CT molecular complexity index is 434. The fourth-order valence-electron chi connectivity index (χ4n) is 1.81. The number of imidazole rings is 1. The molecule has 0 spiro atoms. The summed E-state index contributed by atoms with van der Waals surface area (Å²) in [5, 5.41) is 45.5. The van der Waals surface area contributed by atoms with Gasteiger partial charge in [0.2, 0.25) is 0 Å². The molecule has 0 aromatic carbocycles. The van der Waals surface area contributed by atoms with Gasteiger partial charge in [-0.25, -0.2) is 4.98 Å². The number of nitrogens with two attached hydrogens (primary N) is 1. The van der Waals surface area contributed by atoms with Crippen LogP contribution < -0.4 is 5.73 Å². The van der Waals surface area contributed by atoms with Crippen molar-refractivity contribution in [2.45, 2.75) is 37.6 Å². The average Bonchev–Trinajstić information content (AvgIpc) is 2.79. The molecule has 1 aromatic rings. The minimum absolute atomic E-state index is 0.000224. The van der Waals surface area contributed by atoms with E-state index in [0.29, 0.717) is 11.5 Å². The van der Waals surface area contributed by atoms with Gasteiger partial charge in [-0.1, -0.05) is 0 Å². The number of aliphatic hydroxyl groups excluding tert-OH is 4. The molecule has 0 fully saturated rings. The molecule has 120 valence electrons. The Morgan fingerprint density at radius 2 is 1.86 bits per heavy atom. The van der Waals surface area contributed by atoms with Crippen LogP contribution in [0.3, 0.4) is 0 Å².